The van der Waals surface area contributed by atoms with Crippen molar-refractivity contribution in [3.05, 3.63) is 34.4 Å². The molecule has 1 saturated carbocycles. The number of aliphatic carboxylic acids is 1. The van der Waals surface area contributed by atoms with Crippen molar-refractivity contribution in [1.82, 2.24) is 0 Å². The minimum absolute atomic E-state index is 0.126. The number of fused-ring (bicyclic) bond motifs is 1. The summed E-state index contributed by atoms with van der Waals surface area (Å²) in [4.78, 5) is 33.2. The van der Waals surface area contributed by atoms with Crippen molar-refractivity contribution in [3.8, 4) is 0 Å². The monoisotopic (exact) mass is 376 g/mol. The quantitative estimate of drug-likeness (QED) is 0.598. The van der Waals surface area contributed by atoms with Gasteiger partial charge in [0.1, 0.15) is 0 Å². The first-order valence-electron chi connectivity index (χ1n) is 9.15. The van der Waals surface area contributed by atoms with Crippen LogP contribution in [0.1, 0.15) is 98.4 Å². The molecule has 1 fully saturated rings. The Labute approximate surface area is 159 Å². The molecule has 6 heteroatoms. The number of aliphatic hydroxyl groups is 1. The topological polar surface area (TPSA) is 101 Å². The van der Waals surface area contributed by atoms with Crippen LogP contribution in [0.2, 0.25) is 0 Å². The molecule has 148 valence electrons. The fourth-order valence-corrected chi connectivity index (χ4v) is 4.58. The summed E-state index contributed by atoms with van der Waals surface area (Å²) < 4.78 is 4.90. The van der Waals surface area contributed by atoms with Gasteiger partial charge in [0.05, 0.1) is 5.56 Å². The molecule has 1 heterocycles. The maximum atomic E-state index is 12.3. The van der Waals surface area contributed by atoms with Crippen LogP contribution in [0, 0.1) is 5.41 Å². The maximum absolute atomic E-state index is 12.3. The Morgan fingerprint density at radius 3 is 2.26 bits per heavy atom. The van der Waals surface area contributed by atoms with Gasteiger partial charge in [0.15, 0.2) is 5.78 Å². The van der Waals surface area contributed by atoms with Crippen LogP contribution in [0.15, 0.2) is 12.1 Å². The van der Waals surface area contributed by atoms with Gasteiger partial charge in [-0.25, -0.2) is 4.79 Å². The Morgan fingerprint density at radius 2 is 1.74 bits per heavy atom. The third-order valence-corrected chi connectivity index (χ3v) is 5.38. The van der Waals surface area contributed by atoms with Crippen molar-refractivity contribution in [2.45, 2.75) is 72.0 Å². The summed E-state index contributed by atoms with van der Waals surface area (Å²) in [5.74, 6) is -1.52. The Balaban J connectivity index is 0.000000596. The summed E-state index contributed by atoms with van der Waals surface area (Å²) in [5, 5.41) is 17.5. The highest BCUT2D eigenvalue weighted by Gasteiger charge is 2.42. The first kappa shape index (κ1) is 21.1. The second-order valence-corrected chi connectivity index (χ2v) is 8.54. The molecule has 0 bridgehead atoms. The van der Waals surface area contributed by atoms with E-state index in [0.29, 0.717) is 16.7 Å². The summed E-state index contributed by atoms with van der Waals surface area (Å²) in [7, 11) is 0. The number of hydrogen-bond acceptors (Lipinski definition) is 5. The number of rotatable bonds is 2. The van der Waals surface area contributed by atoms with Crippen LogP contribution in [0.3, 0.4) is 0 Å². The van der Waals surface area contributed by atoms with Gasteiger partial charge in [0.2, 0.25) is 6.29 Å². The van der Waals surface area contributed by atoms with E-state index in [1.165, 1.54) is 13.3 Å². The number of Topliss-reactive ketones (excluding diaryl/α,β-unsaturated/α-hetero) is 1. The number of carbonyl (C=O) groups is 3. The Morgan fingerprint density at radius 1 is 1.15 bits per heavy atom. The minimum Gasteiger partial charge on any atom is -0.481 e. The third kappa shape index (κ3) is 4.38. The van der Waals surface area contributed by atoms with Crippen molar-refractivity contribution in [2.24, 2.45) is 5.41 Å². The van der Waals surface area contributed by atoms with Crippen molar-refractivity contribution in [3.63, 3.8) is 0 Å². The molecule has 0 amide bonds. The average Bonchev–Trinajstić information content (AvgIpc) is 2.79. The second kappa shape index (κ2) is 7.43. The molecular weight excluding hydrogens is 348 g/mol. The molecule has 1 aromatic carbocycles. The fourth-order valence-electron chi connectivity index (χ4n) is 4.58. The lowest BCUT2D eigenvalue weighted by atomic mass is 9.60. The van der Waals surface area contributed by atoms with Gasteiger partial charge in [-0.1, -0.05) is 33.3 Å². The lowest BCUT2D eigenvalue weighted by Crippen LogP contribution is -2.35. The van der Waals surface area contributed by atoms with Gasteiger partial charge >= 0.3 is 5.97 Å². The molecule has 0 spiro atoms. The molecule has 1 aliphatic heterocycles. The van der Waals surface area contributed by atoms with Crippen LogP contribution in [-0.2, 0) is 14.9 Å². The van der Waals surface area contributed by atoms with Gasteiger partial charge in [-0.3, -0.25) is 9.59 Å². The Kier molecular flexibility index (Phi) is 5.80. The fraction of sp³-hybridized carbons (Fsp3) is 0.571. The number of carboxylic acid groups (broad SMARTS) is 1. The largest absolute Gasteiger partial charge is 0.481 e. The van der Waals surface area contributed by atoms with E-state index in [1.807, 2.05) is 6.07 Å². The van der Waals surface area contributed by atoms with E-state index in [-0.39, 0.29) is 16.6 Å². The second-order valence-electron chi connectivity index (χ2n) is 8.54. The molecular formula is C21H28O6. The van der Waals surface area contributed by atoms with E-state index in [0.717, 1.165) is 31.7 Å². The smallest absolute Gasteiger partial charge is 0.341 e. The van der Waals surface area contributed by atoms with Gasteiger partial charge in [-0.2, -0.15) is 0 Å². The van der Waals surface area contributed by atoms with Gasteiger partial charge in [-0.15, -0.1) is 0 Å². The molecule has 2 N–H and O–H groups in total. The number of ether oxygens (including phenoxy) is 1. The standard InChI is InChI=1S/C19H24O4.C2H4O2/c1-11(20)14-13(19(4)9-5-8-18(2,3)10-19)7-6-12-15(14)17(22)23-16(12)21;1-2(3)4/h6-7,17,22H,5,8-10H2,1-4H3;1H3,(H,3,4). The summed E-state index contributed by atoms with van der Waals surface area (Å²) in [6.07, 6.45) is 2.92. The lowest BCUT2D eigenvalue weighted by molar-refractivity contribution is -0.134. The molecule has 0 aromatic heterocycles. The zero-order chi connectivity index (χ0) is 20.6. The predicted octanol–water partition coefficient (Wildman–Crippen LogP) is 4.00. The van der Waals surface area contributed by atoms with Crippen LogP contribution in [0.25, 0.3) is 0 Å². The van der Waals surface area contributed by atoms with Crippen molar-refractivity contribution >= 4 is 17.7 Å². The average molecular weight is 376 g/mol. The van der Waals surface area contributed by atoms with Crippen molar-refractivity contribution in [1.29, 1.82) is 0 Å². The van der Waals surface area contributed by atoms with Gasteiger partial charge in [-0.05, 0) is 48.6 Å². The Hall–Kier alpha value is -2.21. The highest BCUT2D eigenvalue weighted by molar-refractivity contribution is 6.03. The molecule has 2 aliphatic rings. The third-order valence-electron chi connectivity index (χ3n) is 5.38. The highest BCUT2D eigenvalue weighted by atomic mass is 16.6. The number of esters is 1. The van der Waals surface area contributed by atoms with E-state index >= 15 is 0 Å². The van der Waals surface area contributed by atoms with Crippen molar-refractivity contribution < 1.29 is 29.3 Å². The molecule has 1 aliphatic carbocycles. The Bertz CT molecular complexity index is 775. The minimum atomic E-state index is -1.34. The van der Waals surface area contributed by atoms with Gasteiger partial charge in [0, 0.05) is 18.1 Å². The summed E-state index contributed by atoms with van der Waals surface area (Å²) in [5.41, 5.74) is 2.15. The zero-order valence-corrected chi connectivity index (χ0v) is 16.6. The number of carboxylic acids is 1. The van der Waals surface area contributed by atoms with E-state index in [4.69, 9.17) is 14.6 Å². The molecule has 1 aromatic rings. The molecule has 6 nitrogen and oxygen atoms in total. The number of carbonyl (C=O) groups excluding carboxylic acids is 2. The van der Waals surface area contributed by atoms with E-state index in [9.17, 15) is 14.7 Å². The maximum Gasteiger partial charge on any atom is 0.341 e. The predicted molar refractivity (Wildman–Crippen MR) is 99.7 cm³/mol. The molecule has 27 heavy (non-hydrogen) atoms. The molecule has 0 radical (unpaired) electrons. The summed E-state index contributed by atoms with van der Waals surface area (Å²) in [6.45, 7) is 9.28. The van der Waals surface area contributed by atoms with Crippen LogP contribution < -0.4 is 0 Å². The number of aliphatic hydroxyl groups excluding tert-OH is 1. The van der Waals surface area contributed by atoms with Crippen LogP contribution in [-0.4, -0.2) is 27.9 Å². The molecule has 2 unspecified atom stereocenters. The summed E-state index contributed by atoms with van der Waals surface area (Å²) in [6, 6.07) is 3.58. The highest BCUT2D eigenvalue weighted by Crippen LogP contribution is 2.50. The van der Waals surface area contributed by atoms with Crippen molar-refractivity contribution in [2.75, 3.05) is 0 Å². The first-order chi connectivity index (χ1) is 12.4. The SMILES string of the molecule is CC(=O)O.CC(=O)c1c(C2(C)CCCC(C)(C)C2)ccc2c1C(O)OC2=O. The molecule has 0 saturated heterocycles. The van der Waals surface area contributed by atoms with E-state index < -0.39 is 18.2 Å². The number of ketones is 1. The van der Waals surface area contributed by atoms with E-state index in [2.05, 4.69) is 20.8 Å². The number of hydrogen-bond donors (Lipinski definition) is 2. The van der Waals surface area contributed by atoms with Crippen LogP contribution in [0.4, 0.5) is 0 Å². The van der Waals surface area contributed by atoms with Crippen LogP contribution in [0.5, 0.6) is 0 Å². The molecule has 3 rings (SSSR count). The molecule has 2 atom stereocenters. The number of cyclic esters (lactones) is 1. The lowest BCUT2D eigenvalue weighted by Gasteiger charge is -2.44. The van der Waals surface area contributed by atoms with Crippen LogP contribution >= 0.6 is 0 Å². The summed E-state index contributed by atoms with van der Waals surface area (Å²) >= 11 is 0. The zero-order valence-electron chi connectivity index (χ0n) is 16.6. The van der Waals surface area contributed by atoms with Gasteiger partial charge < -0.3 is 14.9 Å². The van der Waals surface area contributed by atoms with E-state index in [1.54, 1.807) is 6.07 Å². The first-order valence-corrected chi connectivity index (χ1v) is 9.15. The normalized spacial score (nSPS) is 25.7. The van der Waals surface area contributed by atoms with Gasteiger partial charge in [0.25, 0.3) is 5.97 Å². The number of benzene rings is 1.